The lowest BCUT2D eigenvalue weighted by Crippen LogP contribution is -2.05. The maximum Gasteiger partial charge on any atom is 0.264 e. The third-order valence-electron chi connectivity index (χ3n) is 2.61. The second kappa shape index (κ2) is 3.83. The number of aromatic nitrogens is 3. The zero-order chi connectivity index (χ0) is 11.7. The number of benzene rings is 1. The lowest BCUT2D eigenvalue weighted by atomic mass is 10.0. The zero-order valence-corrected chi connectivity index (χ0v) is 8.92. The molecular formula is C13H9N3O. The van der Waals surface area contributed by atoms with Gasteiger partial charge in [-0.2, -0.15) is 5.10 Å². The number of pyridine rings is 1. The van der Waals surface area contributed by atoms with Crippen LogP contribution in [0, 0.1) is 0 Å². The van der Waals surface area contributed by atoms with Crippen LogP contribution in [0.4, 0.5) is 0 Å². The summed E-state index contributed by atoms with van der Waals surface area (Å²) in [5, 5.41) is 7.21. The first-order valence-electron chi connectivity index (χ1n) is 5.23. The highest BCUT2D eigenvalue weighted by Crippen LogP contribution is 2.24. The van der Waals surface area contributed by atoms with Gasteiger partial charge >= 0.3 is 0 Å². The summed E-state index contributed by atoms with van der Waals surface area (Å²) in [7, 11) is 0. The maximum atomic E-state index is 11.3. The van der Waals surface area contributed by atoms with Crippen LogP contribution >= 0.6 is 0 Å². The van der Waals surface area contributed by atoms with Gasteiger partial charge < -0.3 is 0 Å². The van der Waals surface area contributed by atoms with Crippen LogP contribution in [0.25, 0.3) is 22.0 Å². The summed E-state index contributed by atoms with van der Waals surface area (Å²) < 4.78 is 0. The Morgan fingerprint density at radius 3 is 2.88 bits per heavy atom. The molecule has 2 heterocycles. The van der Waals surface area contributed by atoms with E-state index in [2.05, 4.69) is 15.2 Å². The van der Waals surface area contributed by atoms with E-state index in [4.69, 9.17) is 0 Å². The summed E-state index contributed by atoms with van der Waals surface area (Å²) in [4.78, 5) is 15.6. The smallest absolute Gasteiger partial charge is 0.264 e. The fraction of sp³-hybridized carbons (Fsp3) is 0. The van der Waals surface area contributed by atoms with Gasteiger partial charge in [0, 0.05) is 28.8 Å². The molecule has 0 aliphatic heterocycles. The van der Waals surface area contributed by atoms with Gasteiger partial charge in [0.25, 0.3) is 5.56 Å². The van der Waals surface area contributed by atoms with Crippen molar-refractivity contribution in [2.24, 2.45) is 0 Å². The van der Waals surface area contributed by atoms with Crippen molar-refractivity contribution < 1.29 is 0 Å². The molecule has 1 N–H and O–H groups in total. The fourth-order valence-electron chi connectivity index (χ4n) is 1.86. The minimum absolute atomic E-state index is 0.213. The van der Waals surface area contributed by atoms with Crippen LogP contribution in [-0.2, 0) is 0 Å². The number of nitrogens with one attached hydrogen (secondary N) is 1. The van der Waals surface area contributed by atoms with E-state index >= 15 is 0 Å². The number of nitrogens with zero attached hydrogens (tertiary/aromatic N) is 2. The van der Waals surface area contributed by atoms with Crippen LogP contribution in [-0.4, -0.2) is 15.2 Å². The first-order chi connectivity index (χ1) is 8.34. The van der Waals surface area contributed by atoms with Gasteiger partial charge in [-0.3, -0.25) is 9.78 Å². The minimum atomic E-state index is -0.213. The van der Waals surface area contributed by atoms with Crippen molar-refractivity contribution in [1.82, 2.24) is 15.2 Å². The molecule has 3 rings (SSSR count). The summed E-state index contributed by atoms with van der Waals surface area (Å²) >= 11 is 0. The average molecular weight is 223 g/mol. The normalized spacial score (nSPS) is 10.6. The molecule has 0 saturated heterocycles. The van der Waals surface area contributed by atoms with Gasteiger partial charge in [0.2, 0.25) is 0 Å². The molecule has 4 nitrogen and oxygen atoms in total. The fourth-order valence-corrected chi connectivity index (χ4v) is 1.86. The number of hydrogen-bond acceptors (Lipinski definition) is 3. The third kappa shape index (κ3) is 1.69. The molecule has 0 aliphatic carbocycles. The van der Waals surface area contributed by atoms with Crippen molar-refractivity contribution in [2.45, 2.75) is 0 Å². The van der Waals surface area contributed by atoms with Crippen LogP contribution in [0.15, 0.2) is 53.6 Å². The molecule has 4 heteroatoms. The average Bonchev–Trinajstić information content (AvgIpc) is 2.38. The van der Waals surface area contributed by atoms with E-state index in [-0.39, 0.29) is 5.56 Å². The van der Waals surface area contributed by atoms with E-state index in [1.807, 2.05) is 30.3 Å². The Morgan fingerprint density at radius 1 is 1.12 bits per heavy atom. The molecule has 0 amide bonds. The number of para-hydroxylation sites is 1. The van der Waals surface area contributed by atoms with Gasteiger partial charge in [0.05, 0.1) is 11.7 Å². The summed E-state index contributed by atoms with van der Waals surface area (Å²) in [6.07, 6.45) is 3.37. The molecule has 0 unspecified atom stereocenters. The summed E-state index contributed by atoms with van der Waals surface area (Å²) in [5.74, 6) is 0. The Balaban J connectivity index is 2.34. The van der Waals surface area contributed by atoms with Crippen molar-refractivity contribution >= 4 is 10.9 Å². The van der Waals surface area contributed by atoms with Crippen molar-refractivity contribution in [3.8, 4) is 11.1 Å². The van der Waals surface area contributed by atoms with Gasteiger partial charge in [0.15, 0.2) is 0 Å². The van der Waals surface area contributed by atoms with Crippen molar-refractivity contribution in [2.75, 3.05) is 0 Å². The van der Waals surface area contributed by atoms with Crippen LogP contribution in [0.1, 0.15) is 0 Å². The standard InChI is InChI=1S/C13H9N3O/c17-12-7-10(8-15-16-12)11-5-1-3-9-4-2-6-14-13(9)11/h1-8H,(H,16,17). The van der Waals surface area contributed by atoms with Crippen LogP contribution < -0.4 is 5.56 Å². The molecule has 17 heavy (non-hydrogen) atoms. The lowest BCUT2D eigenvalue weighted by Gasteiger charge is -2.04. The highest BCUT2D eigenvalue weighted by molar-refractivity contribution is 5.93. The molecule has 2 aromatic heterocycles. The van der Waals surface area contributed by atoms with E-state index in [0.717, 1.165) is 22.0 Å². The Bertz CT molecular complexity index is 728. The SMILES string of the molecule is O=c1cc(-c2cccc3cccnc23)cn[nH]1. The highest BCUT2D eigenvalue weighted by atomic mass is 16.1. The first kappa shape index (κ1) is 9.72. The predicted octanol–water partition coefficient (Wildman–Crippen LogP) is 1.99. The van der Waals surface area contributed by atoms with Gasteiger partial charge in [0.1, 0.15) is 0 Å². The Labute approximate surface area is 97.0 Å². The van der Waals surface area contributed by atoms with E-state index in [9.17, 15) is 4.79 Å². The second-order valence-electron chi connectivity index (χ2n) is 3.71. The number of H-pyrrole nitrogens is 1. The topological polar surface area (TPSA) is 58.6 Å². The van der Waals surface area contributed by atoms with Gasteiger partial charge in [-0.15, -0.1) is 0 Å². The van der Waals surface area contributed by atoms with E-state index in [1.54, 1.807) is 12.4 Å². The summed E-state index contributed by atoms with van der Waals surface area (Å²) in [6, 6.07) is 11.3. The molecule has 0 saturated carbocycles. The number of hydrogen-bond donors (Lipinski definition) is 1. The maximum absolute atomic E-state index is 11.3. The number of aromatic amines is 1. The molecule has 0 aliphatic rings. The number of fused-ring (bicyclic) bond motifs is 1. The Hall–Kier alpha value is -2.49. The molecular weight excluding hydrogens is 214 g/mol. The van der Waals surface area contributed by atoms with Crippen LogP contribution in [0.5, 0.6) is 0 Å². The lowest BCUT2D eigenvalue weighted by molar-refractivity contribution is 0.991. The number of rotatable bonds is 1. The quantitative estimate of drug-likeness (QED) is 0.686. The van der Waals surface area contributed by atoms with Crippen LogP contribution in [0.2, 0.25) is 0 Å². The molecule has 0 bridgehead atoms. The second-order valence-corrected chi connectivity index (χ2v) is 3.71. The van der Waals surface area contributed by atoms with Crippen molar-refractivity contribution in [1.29, 1.82) is 0 Å². The minimum Gasteiger partial charge on any atom is -0.268 e. The highest BCUT2D eigenvalue weighted by Gasteiger charge is 2.04. The summed E-state index contributed by atoms with van der Waals surface area (Å²) in [5.41, 5.74) is 2.36. The molecule has 0 fully saturated rings. The molecule has 0 atom stereocenters. The molecule has 3 aromatic rings. The molecule has 0 spiro atoms. The van der Waals surface area contributed by atoms with E-state index < -0.39 is 0 Å². The molecule has 1 aromatic carbocycles. The van der Waals surface area contributed by atoms with Gasteiger partial charge in [-0.05, 0) is 6.07 Å². The Kier molecular flexibility index (Phi) is 2.19. The third-order valence-corrected chi connectivity index (χ3v) is 2.61. The monoisotopic (exact) mass is 223 g/mol. The summed E-state index contributed by atoms with van der Waals surface area (Å²) in [6.45, 7) is 0. The molecule has 0 radical (unpaired) electrons. The van der Waals surface area contributed by atoms with E-state index in [0.29, 0.717) is 0 Å². The van der Waals surface area contributed by atoms with E-state index in [1.165, 1.54) is 6.07 Å². The zero-order valence-electron chi connectivity index (χ0n) is 8.92. The first-order valence-corrected chi connectivity index (χ1v) is 5.23. The van der Waals surface area contributed by atoms with Crippen molar-refractivity contribution in [3.63, 3.8) is 0 Å². The Morgan fingerprint density at radius 2 is 2.00 bits per heavy atom. The van der Waals surface area contributed by atoms with Crippen LogP contribution in [0.3, 0.4) is 0 Å². The van der Waals surface area contributed by atoms with Crippen molar-refractivity contribution in [3.05, 3.63) is 59.1 Å². The molecule has 82 valence electrons. The van der Waals surface area contributed by atoms with Gasteiger partial charge in [-0.1, -0.05) is 24.3 Å². The largest absolute Gasteiger partial charge is 0.268 e. The van der Waals surface area contributed by atoms with Gasteiger partial charge in [-0.25, -0.2) is 5.10 Å². The predicted molar refractivity (Wildman–Crippen MR) is 65.6 cm³/mol.